The van der Waals surface area contributed by atoms with Gasteiger partial charge in [-0.1, -0.05) is 42.5 Å². The van der Waals surface area contributed by atoms with Gasteiger partial charge in [0.2, 0.25) is 5.95 Å². The summed E-state index contributed by atoms with van der Waals surface area (Å²) in [6.45, 7) is 1.96. The van der Waals surface area contributed by atoms with Gasteiger partial charge in [-0.05, 0) is 30.7 Å². The molecular formula is C19H18N4O. The molecule has 0 aliphatic rings. The first-order valence-electron chi connectivity index (χ1n) is 7.68. The van der Waals surface area contributed by atoms with E-state index in [4.69, 9.17) is 5.73 Å². The van der Waals surface area contributed by atoms with Crippen LogP contribution < -0.4 is 11.1 Å². The maximum atomic E-state index is 12.4. The van der Waals surface area contributed by atoms with Crippen molar-refractivity contribution in [1.29, 1.82) is 0 Å². The maximum Gasteiger partial charge on any atom is 0.251 e. The van der Waals surface area contributed by atoms with E-state index in [9.17, 15) is 4.79 Å². The van der Waals surface area contributed by atoms with Crippen molar-refractivity contribution in [3.05, 3.63) is 78.0 Å². The lowest BCUT2D eigenvalue weighted by Crippen LogP contribution is -2.26. The molecule has 0 fully saturated rings. The third-order valence-corrected chi connectivity index (χ3v) is 3.76. The Morgan fingerprint density at radius 3 is 2.42 bits per heavy atom. The number of aromatic nitrogens is 2. The number of nitrogens with two attached hydrogens (primary N) is 1. The van der Waals surface area contributed by atoms with Crippen molar-refractivity contribution in [2.45, 2.75) is 13.0 Å². The molecule has 1 amide bonds. The Kier molecular flexibility index (Phi) is 4.52. The minimum atomic E-state index is -0.111. The molecule has 0 unspecified atom stereocenters. The zero-order chi connectivity index (χ0) is 16.9. The van der Waals surface area contributed by atoms with Crippen LogP contribution in [-0.4, -0.2) is 15.9 Å². The molecule has 0 spiro atoms. The van der Waals surface area contributed by atoms with Crippen molar-refractivity contribution in [2.24, 2.45) is 0 Å². The van der Waals surface area contributed by atoms with Crippen LogP contribution in [0.2, 0.25) is 0 Å². The summed E-state index contributed by atoms with van der Waals surface area (Å²) >= 11 is 0. The second-order valence-electron chi connectivity index (χ2n) is 5.48. The van der Waals surface area contributed by atoms with Crippen molar-refractivity contribution in [3.8, 4) is 11.3 Å². The van der Waals surface area contributed by atoms with Gasteiger partial charge < -0.3 is 11.1 Å². The van der Waals surface area contributed by atoms with E-state index in [1.165, 1.54) is 0 Å². The van der Waals surface area contributed by atoms with Crippen LogP contribution in [0.15, 0.2) is 66.9 Å². The topological polar surface area (TPSA) is 80.9 Å². The average Bonchev–Trinajstić information content (AvgIpc) is 2.62. The third-order valence-electron chi connectivity index (χ3n) is 3.76. The van der Waals surface area contributed by atoms with Crippen LogP contribution in [0.4, 0.5) is 5.95 Å². The Balaban J connectivity index is 1.72. The number of amides is 1. The molecule has 1 heterocycles. The number of nitrogens with one attached hydrogen (secondary N) is 1. The highest BCUT2D eigenvalue weighted by Gasteiger charge is 2.11. The lowest BCUT2D eigenvalue weighted by molar-refractivity contribution is 0.0940. The van der Waals surface area contributed by atoms with E-state index in [2.05, 4.69) is 15.3 Å². The number of benzene rings is 2. The molecule has 2 aromatic carbocycles. The van der Waals surface area contributed by atoms with Crippen LogP contribution in [-0.2, 0) is 0 Å². The first kappa shape index (κ1) is 15.7. The Labute approximate surface area is 140 Å². The largest absolute Gasteiger partial charge is 0.368 e. The van der Waals surface area contributed by atoms with E-state index in [0.717, 1.165) is 16.8 Å². The van der Waals surface area contributed by atoms with E-state index in [-0.39, 0.29) is 17.9 Å². The first-order valence-corrected chi connectivity index (χ1v) is 7.68. The van der Waals surface area contributed by atoms with Crippen molar-refractivity contribution in [1.82, 2.24) is 15.3 Å². The Hall–Kier alpha value is -3.21. The predicted octanol–water partition coefficient (Wildman–Crippen LogP) is 3.22. The summed E-state index contributed by atoms with van der Waals surface area (Å²) in [6.07, 6.45) is 1.61. The van der Waals surface area contributed by atoms with E-state index in [1.54, 1.807) is 24.4 Å². The van der Waals surface area contributed by atoms with Gasteiger partial charge in [-0.15, -0.1) is 0 Å². The fraction of sp³-hybridized carbons (Fsp3) is 0.105. The van der Waals surface area contributed by atoms with E-state index < -0.39 is 0 Å². The predicted molar refractivity (Wildman–Crippen MR) is 94.2 cm³/mol. The molecule has 0 bridgehead atoms. The van der Waals surface area contributed by atoms with Crippen molar-refractivity contribution < 1.29 is 4.79 Å². The van der Waals surface area contributed by atoms with Gasteiger partial charge in [-0.3, -0.25) is 4.79 Å². The van der Waals surface area contributed by atoms with Crippen LogP contribution in [0.3, 0.4) is 0 Å². The summed E-state index contributed by atoms with van der Waals surface area (Å²) in [7, 11) is 0. The molecule has 3 N–H and O–H groups in total. The summed E-state index contributed by atoms with van der Waals surface area (Å²) in [5.74, 6) is 0.117. The lowest BCUT2D eigenvalue weighted by atomic mass is 10.1. The second-order valence-corrected chi connectivity index (χ2v) is 5.48. The minimum absolute atomic E-state index is 0.0555. The fourth-order valence-corrected chi connectivity index (χ4v) is 2.43. The normalized spacial score (nSPS) is 11.7. The monoisotopic (exact) mass is 318 g/mol. The highest BCUT2D eigenvalue weighted by molar-refractivity contribution is 5.94. The minimum Gasteiger partial charge on any atom is -0.368 e. The van der Waals surface area contributed by atoms with Gasteiger partial charge in [0.15, 0.2) is 0 Å². The summed E-state index contributed by atoms with van der Waals surface area (Å²) < 4.78 is 0. The SMILES string of the molecule is C[C@@H](NC(=O)c1ccc(-c2ccnc(N)n2)cc1)c1ccccc1. The van der Waals surface area contributed by atoms with Gasteiger partial charge in [0, 0.05) is 17.3 Å². The molecule has 120 valence electrons. The molecule has 0 aliphatic carbocycles. The lowest BCUT2D eigenvalue weighted by Gasteiger charge is -2.14. The quantitative estimate of drug-likeness (QED) is 0.774. The molecule has 0 saturated heterocycles. The van der Waals surface area contributed by atoms with Crippen molar-refractivity contribution in [2.75, 3.05) is 5.73 Å². The number of anilines is 1. The third kappa shape index (κ3) is 3.57. The van der Waals surface area contributed by atoms with Crippen molar-refractivity contribution >= 4 is 11.9 Å². The highest BCUT2D eigenvalue weighted by Crippen LogP contribution is 2.18. The Bertz CT molecular complexity index is 832. The molecule has 0 saturated carbocycles. The molecule has 3 aromatic rings. The van der Waals surface area contributed by atoms with E-state index in [1.807, 2.05) is 49.4 Å². The van der Waals surface area contributed by atoms with Gasteiger partial charge in [0.05, 0.1) is 11.7 Å². The summed E-state index contributed by atoms with van der Waals surface area (Å²) in [5.41, 5.74) is 8.88. The number of carbonyl (C=O) groups is 1. The molecular weight excluding hydrogens is 300 g/mol. The highest BCUT2D eigenvalue weighted by atomic mass is 16.1. The Morgan fingerprint density at radius 1 is 1.04 bits per heavy atom. The molecule has 3 rings (SSSR count). The molecule has 1 aromatic heterocycles. The number of hydrogen-bond acceptors (Lipinski definition) is 4. The van der Waals surface area contributed by atoms with E-state index >= 15 is 0 Å². The summed E-state index contributed by atoms with van der Waals surface area (Å²) in [5, 5.41) is 3.00. The zero-order valence-electron chi connectivity index (χ0n) is 13.3. The number of carbonyl (C=O) groups excluding carboxylic acids is 1. The number of nitrogens with zero attached hydrogens (tertiary/aromatic N) is 2. The molecule has 0 radical (unpaired) electrons. The number of rotatable bonds is 4. The summed E-state index contributed by atoms with van der Waals surface area (Å²) in [6, 6.07) is 18.8. The van der Waals surface area contributed by atoms with Crippen LogP contribution in [0, 0.1) is 0 Å². The molecule has 5 heteroatoms. The van der Waals surface area contributed by atoms with E-state index in [0.29, 0.717) is 5.56 Å². The molecule has 0 aliphatic heterocycles. The molecule has 5 nitrogen and oxygen atoms in total. The van der Waals surface area contributed by atoms with Gasteiger partial charge >= 0.3 is 0 Å². The fourth-order valence-electron chi connectivity index (χ4n) is 2.43. The maximum absolute atomic E-state index is 12.4. The van der Waals surface area contributed by atoms with Gasteiger partial charge in [0.1, 0.15) is 0 Å². The van der Waals surface area contributed by atoms with Crippen LogP contribution >= 0.6 is 0 Å². The standard InChI is InChI=1S/C19H18N4O/c1-13(14-5-3-2-4-6-14)22-18(24)16-9-7-15(8-10-16)17-11-12-21-19(20)23-17/h2-13H,1H3,(H,22,24)(H2,20,21,23)/t13-/m1/s1. The van der Waals surface area contributed by atoms with Crippen LogP contribution in [0.25, 0.3) is 11.3 Å². The van der Waals surface area contributed by atoms with Crippen LogP contribution in [0.5, 0.6) is 0 Å². The smallest absolute Gasteiger partial charge is 0.251 e. The van der Waals surface area contributed by atoms with Crippen molar-refractivity contribution in [3.63, 3.8) is 0 Å². The Morgan fingerprint density at radius 2 is 1.75 bits per heavy atom. The average molecular weight is 318 g/mol. The zero-order valence-corrected chi connectivity index (χ0v) is 13.3. The second kappa shape index (κ2) is 6.91. The first-order chi connectivity index (χ1) is 11.6. The van der Waals surface area contributed by atoms with Gasteiger partial charge in [0.25, 0.3) is 5.91 Å². The van der Waals surface area contributed by atoms with Crippen LogP contribution in [0.1, 0.15) is 28.9 Å². The van der Waals surface area contributed by atoms with Gasteiger partial charge in [-0.25, -0.2) is 9.97 Å². The number of nitrogen functional groups attached to an aromatic ring is 1. The molecule has 1 atom stereocenters. The van der Waals surface area contributed by atoms with Gasteiger partial charge in [-0.2, -0.15) is 0 Å². The number of hydrogen-bond donors (Lipinski definition) is 2. The molecule has 24 heavy (non-hydrogen) atoms. The summed E-state index contributed by atoms with van der Waals surface area (Å²) in [4.78, 5) is 20.4.